The summed E-state index contributed by atoms with van der Waals surface area (Å²) in [4.78, 5) is 10.6. The van der Waals surface area contributed by atoms with Crippen molar-refractivity contribution < 1.29 is 9.66 Å². The normalized spacial score (nSPS) is 25.6. The second-order valence-corrected chi connectivity index (χ2v) is 6.42. The van der Waals surface area contributed by atoms with Crippen LogP contribution in [-0.4, -0.2) is 17.4 Å². The summed E-state index contributed by atoms with van der Waals surface area (Å²) >= 11 is 6.47. The molecule has 1 aromatic rings. The Kier molecular flexibility index (Phi) is 5.45. The summed E-state index contributed by atoms with van der Waals surface area (Å²) in [5.41, 5.74) is 1.02. The molecule has 21 heavy (non-hydrogen) atoms. The van der Waals surface area contributed by atoms with Crippen molar-refractivity contribution in [2.45, 2.75) is 44.4 Å². The van der Waals surface area contributed by atoms with Crippen molar-refractivity contribution in [3.8, 4) is 5.75 Å². The highest BCUT2D eigenvalue weighted by molar-refractivity contribution is 6.20. The van der Waals surface area contributed by atoms with E-state index in [2.05, 4.69) is 6.92 Å². The fraction of sp³-hybridized carbons (Fsp3) is 0.625. The number of hydrogen-bond acceptors (Lipinski definition) is 3. The number of non-ortho nitro benzene ring substituents is 1. The van der Waals surface area contributed by atoms with Gasteiger partial charge in [-0.05, 0) is 49.1 Å². The Morgan fingerprint density at radius 2 is 2.14 bits per heavy atom. The average Bonchev–Trinajstić information content (AvgIpc) is 2.49. The molecular weight excluding hydrogens is 290 g/mol. The fourth-order valence-corrected chi connectivity index (χ4v) is 3.51. The standard InChI is InChI=1S/C16H22ClNO3/c1-3-11-4-5-16(17)13(6-11)7-12-8-14(18(19)20)10-15(9-12)21-2/h8-11,13,16H,3-7H2,1-2H3. The third kappa shape index (κ3) is 4.10. The van der Waals surface area contributed by atoms with Crippen LogP contribution >= 0.6 is 11.6 Å². The molecule has 0 heterocycles. The van der Waals surface area contributed by atoms with E-state index >= 15 is 0 Å². The Morgan fingerprint density at radius 3 is 2.76 bits per heavy atom. The van der Waals surface area contributed by atoms with Crippen molar-refractivity contribution in [2.24, 2.45) is 11.8 Å². The van der Waals surface area contributed by atoms with Crippen molar-refractivity contribution >= 4 is 17.3 Å². The van der Waals surface area contributed by atoms with E-state index in [0.29, 0.717) is 11.7 Å². The molecule has 0 bridgehead atoms. The predicted molar refractivity (Wildman–Crippen MR) is 84.1 cm³/mol. The zero-order valence-corrected chi connectivity index (χ0v) is 13.3. The van der Waals surface area contributed by atoms with E-state index < -0.39 is 0 Å². The maximum absolute atomic E-state index is 11.0. The van der Waals surface area contributed by atoms with Crippen LogP contribution in [0, 0.1) is 22.0 Å². The first-order chi connectivity index (χ1) is 10.0. The third-order valence-corrected chi connectivity index (χ3v) is 5.05. The molecule has 0 aromatic heterocycles. The predicted octanol–water partition coefficient (Wildman–Crippen LogP) is 4.58. The first-order valence-corrected chi connectivity index (χ1v) is 7.93. The van der Waals surface area contributed by atoms with Gasteiger partial charge in [0, 0.05) is 11.4 Å². The molecule has 1 fully saturated rings. The molecule has 3 unspecified atom stereocenters. The number of halogens is 1. The van der Waals surface area contributed by atoms with Crippen molar-refractivity contribution in [3.63, 3.8) is 0 Å². The topological polar surface area (TPSA) is 52.4 Å². The van der Waals surface area contributed by atoms with Gasteiger partial charge in [-0.1, -0.05) is 13.3 Å². The number of nitro groups is 1. The summed E-state index contributed by atoms with van der Waals surface area (Å²) in [5, 5.41) is 11.2. The molecule has 0 saturated heterocycles. The zero-order valence-electron chi connectivity index (χ0n) is 12.5. The lowest BCUT2D eigenvalue weighted by atomic mass is 9.77. The van der Waals surface area contributed by atoms with Crippen LogP contribution in [0.2, 0.25) is 0 Å². The van der Waals surface area contributed by atoms with Crippen LogP contribution in [0.1, 0.15) is 38.2 Å². The first-order valence-electron chi connectivity index (χ1n) is 7.49. The molecule has 5 heteroatoms. The number of ether oxygens (including phenoxy) is 1. The van der Waals surface area contributed by atoms with Gasteiger partial charge in [-0.15, -0.1) is 11.6 Å². The van der Waals surface area contributed by atoms with Gasteiger partial charge < -0.3 is 4.74 Å². The van der Waals surface area contributed by atoms with E-state index in [1.807, 2.05) is 6.07 Å². The van der Waals surface area contributed by atoms with Gasteiger partial charge in [0.1, 0.15) is 5.75 Å². The summed E-state index contributed by atoms with van der Waals surface area (Å²) in [6, 6.07) is 4.98. The maximum atomic E-state index is 11.0. The van der Waals surface area contributed by atoms with Gasteiger partial charge in [0.05, 0.1) is 18.1 Å². The Hall–Kier alpha value is -1.29. The van der Waals surface area contributed by atoms with Crippen LogP contribution in [0.15, 0.2) is 18.2 Å². The molecule has 0 radical (unpaired) electrons. The van der Waals surface area contributed by atoms with Gasteiger partial charge in [0.2, 0.25) is 0 Å². The lowest BCUT2D eigenvalue weighted by Crippen LogP contribution is -2.26. The first kappa shape index (κ1) is 16.1. The van der Waals surface area contributed by atoms with Crippen molar-refractivity contribution in [2.75, 3.05) is 7.11 Å². The lowest BCUT2D eigenvalue weighted by molar-refractivity contribution is -0.385. The van der Waals surface area contributed by atoms with Crippen LogP contribution in [0.4, 0.5) is 5.69 Å². The molecule has 2 rings (SSSR count). The van der Waals surface area contributed by atoms with Crippen LogP contribution in [-0.2, 0) is 6.42 Å². The quantitative estimate of drug-likeness (QED) is 0.454. The Labute approximate surface area is 130 Å². The fourth-order valence-electron chi connectivity index (χ4n) is 3.19. The highest BCUT2D eigenvalue weighted by atomic mass is 35.5. The van der Waals surface area contributed by atoms with E-state index in [9.17, 15) is 10.1 Å². The molecule has 0 spiro atoms. The number of hydrogen-bond donors (Lipinski definition) is 0. The Morgan fingerprint density at radius 1 is 1.38 bits per heavy atom. The highest BCUT2D eigenvalue weighted by Crippen LogP contribution is 2.37. The minimum absolute atomic E-state index is 0.0818. The van der Waals surface area contributed by atoms with E-state index in [1.54, 1.807) is 6.07 Å². The lowest BCUT2D eigenvalue weighted by Gasteiger charge is -2.32. The molecule has 4 nitrogen and oxygen atoms in total. The third-order valence-electron chi connectivity index (χ3n) is 4.47. The number of alkyl halides is 1. The largest absolute Gasteiger partial charge is 0.496 e. The number of nitro benzene ring substituents is 1. The number of nitrogens with zero attached hydrogens (tertiary/aromatic N) is 1. The van der Waals surface area contributed by atoms with Gasteiger partial charge >= 0.3 is 0 Å². The van der Waals surface area contributed by atoms with E-state index in [-0.39, 0.29) is 16.0 Å². The average molecular weight is 312 g/mol. The van der Waals surface area contributed by atoms with Crippen molar-refractivity contribution in [1.82, 2.24) is 0 Å². The van der Waals surface area contributed by atoms with Gasteiger partial charge in [-0.25, -0.2) is 0 Å². The summed E-state index contributed by atoms with van der Waals surface area (Å²) in [6.45, 7) is 2.21. The molecule has 1 aliphatic carbocycles. The molecule has 0 aliphatic heterocycles. The molecular formula is C16H22ClNO3. The molecule has 1 aliphatic rings. The minimum atomic E-state index is -0.375. The van der Waals surface area contributed by atoms with Crippen LogP contribution in [0.25, 0.3) is 0 Å². The summed E-state index contributed by atoms with van der Waals surface area (Å²) in [5.74, 6) is 1.65. The Balaban J connectivity index is 2.17. The van der Waals surface area contributed by atoms with Crippen molar-refractivity contribution in [3.05, 3.63) is 33.9 Å². The molecule has 0 amide bonds. The van der Waals surface area contributed by atoms with Gasteiger partial charge in [-0.2, -0.15) is 0 Å². The number of methoxy groups -OCH3 is 1. The van der Waals surface area contributed by atoms with Gasteiger partial charge in [0.25, 0.3) is 5.69 Å². The smallest absolute Gasteiger partial charge is 0.273 e. The van der Waals surface area contributed by atoms with Crippen LogP contribution in [0.5, 0.6) is 5.75 Å². The summed E-state index contributed by atoms with van der Waals surface area (Å²) < 4.78 is 5.17. The molecule has 1 aromatic carbocycles. The van der Waals surface area contributed by atoms with Gasteiger partial charge in [-0.3, -0.25) is 10.1 Å². The number of rotatable bonds is 5. The minimum Gasteiger partial charge on any atom is -0.496 e. The summed E-state index contributed by atoms with van der Waals surface area (Å²) in [6.07, 6.45) is 5.30. The van der Waals surface area contributed by atoms with Crippen LogP contribution < -0.4 is 4.74 Å². The molecule has 1 saturated carbocycles. The number of benzene rings is 1. The zero-order chi connectivity index (χ0) is 15.4. The van der Waals surface area contributed by atoms with E-state index in [4.69, 9.17) is 16.3 Å². The van der Waals surface area contributed by atoms with Crippen molar-refractivity contribution in [1.29, 1.82) is 0 Å². The second kappa shape index (κ2) is 7.12. The van der Waals surface area contributed by atoms with E-state index in [1.165, 1.54) is 26.0 Å². The summed E-state index contributed by atoms with van der Waals surface area (Å²) in [7, 11) is 1.53. The molecule has 0 N–H and O–H groups in total. The molecule has 3 atom stereocenters. The Bertz CT molecular complexity index is 506. The van der Waals surface area contributed by atoms with Crippen LogP contribution in [0.3, 0.4) is 0 Å². The second-order valence-electron chi connectivity index (χ2n) is 5.86. The molecule has 116 valence electrons. The monoisotopic (exact) mass is 311 g/mol. The highest BCUT2D eigenvalue weighted by Gasteiger charge is 2.29. The van der Waals surface area contributed by atoms with E-state index in [0.717, 1.165) is 30.7 Å². The SMILES string of the molecule is CCC1CCC(Cl)C(Cc2cc(OC)cc([N+](=O)[O-])c2)C1. The maximum Gasteiger partial charge on any atom is 0.273 e. The van der Waals surface area contributed by atoms with Gasteiger partial charge in [0.15, 0.2) is 0 Å².